The summed E-state index contributed by atoms with van der Waals surface area (Å²) in [6.45, 7) is 2.50. The number of rotatable bonds is 4. The lowest BCUT2D eigenvalue weighted by Gasteiger charge is -2.14. The fourth-order valence-electron chi connectivity index (χ4n) is 1.85. The Morgan fingerprint density at radius 1 is 1.56 bits per heavy atom. The molecule has 1 saturated carbocycles. The van der Waals surface area contributed by atoms with Gasteiger partial charge in [0.1, 0.15) is 6.07 Å². The number of nitriles is 1. The molecule has 84 valence electrons. The van der Waals surface area contributed by atoms with Crippen LogP contribution in [0.4, 0.5) is 5.69 Å². The Bertz CT molecular complexity index is 418. The number of aliphatic hydroxyl groups is 1. The van der Waals surface area contributed by atoms with E-state index in [1.54, 1.807) is 6.07 Å². The molecule has 0 bridgehead atoms. The van der Waals surface area contributed by atoms with E-state index in [0.717, 1.165) is 24.1 Å². The molecule has 2 rings (SSSR count). The summed E-state index contributed by atoms with van der Waals surface area (Å²) >= 11 is 0. The fourth-order valence-corrected chi connectivity index (χ4v) is 1.85. The summed E-state index contributed by atoms with van der Waals surface area (Å²) < 4.78 is 0. The van der Waals surface area contributed by atoms with Crippen molar-refractivity contribution in [1.82, 2.24) is 0 Å². The molecule has 0 saturated heterocycles. The normalized spacial score (nSPS) is 16.6. The van der Waals surface area contributed by atoms with Gasteiger partial charge < -0.3 is 10.4 Å². The quantitative estimate of drug-likeness (QED) is 0.809. The van der Waals surface area contributed by atoms with Gasteiger partial charge in [0.25, 0.3) is 0 Å². The average molecular weight is 216 g/mol. The molecule has 16 heavy (non-hydrogen) atoms. The largest absolute Gasteiger partial charge is 0.391 e. The van der Waals surface area contributed by atoms with Gasteiger partial charge in [0.05, 0.1) is 17.4 Å². The van der Waals surface area contributed by atoms with Gasteiger partial charge in [-0.3, -0.25) is 0 Å². The van der Waals surface area contributed by atoms with Crippen molar-refractivity contribution < 1.29 is 5.11 Å². The van der Waals surface area contributed by atoms with Gasteiger partial charge in [-0.1, -0.05) is 12.1 Å². The molecule has 0 amide bonds. The molecule has 1 aromatic carbocycles. The molecular formula is C13H16N2O. The Labute approximate surface area is 95.7 Å². The number of benzene rings is 1. The van der Waals surface area contributed by atoms with Crippen molar-refractivity contribution in [2.45, 2.75) is 25.9 Å². The molecule has 1 aliphatic carbocycles. The van der Waals surface area contributed by atoms with Gasteiger partial charge in [-0.2, -0.15) is 5.26 Å². The van der Waals surface area contributed by atoms with E-state index in [-0.39, 0.29) is 6.10 Å². The van der Waals surface area contributed by atoms with Crippen molar-refractivity contribution in [2.75, 3.05) is 11.9 Å². The van der Waals surface area contributed by atoms with Crippen molar-refractivity contribution >= 4 is 5.69 Å². The summed E-state index contributed by atoms with van der Waals surface area (Å²) in [5, 5.41) is 21.9. The minimum Gasteiger partial charge on any atom is -0.391 e. The predicted octanol–water partition coefficient (Wildman–Crippen LogP) is 2.05. The molecule has 0 spiro atoms. The van der Waals surface area contributed by atoms with Crippen molar-refractivity contribution in [3.63, 3.8) is 0 Å². The Morgan fingerprint density at radius 3 is 2.94 bits per heavy atom. The monoisotopic (exact) mass is 216 g/mol. The number of hydrogen-bond acceptors (Lipinski definition) is 3. The van der Waals surface area contributed by atoms with E-state index >= 15 is 0 Å². The number of para-hydroxylation sites is 1. The Morgan fingerprint density at radius 2 is 2.31 bits per heavy atom. The maximum atomic E-state index is 9.76. The van der Waals surface area contributed by atoms with Crippen molar-refractivity contribution in [3.8, 4) is 6.07 Å². The zero-order chi connectivity index (χ0) is 11.5. The van der Waals surface area contributed by atoms with Crippen LogP contribution < -0.4 is 5.32 Å². The van der Waals surface area contributed by atoms with E-state index in [2.05, 4.69) is 11.4 Å². The number of anilines is 1. The molecule has 3 nitrogen and oxygen atoms in total. The van der Waals surface area contributed by atoms with Gasteiger partial charge in [-0.15, -0.1) is 0 Å². The molecular weight excluding hydrogens is 200 g/mol. The highest BCUT2D eigenvalue weighted by molar-refractivity contribution is 5.62. The summed E-state index contributed by atoms with van der Waals surface area (Å²) in [6, 6.07) is 7.79. The smallest absolute Gasteiger partial charge is 0.101 e. The Hall–Kier alpha value is -1.53. The average Bonchev–Trinajstić information content (AvgIpc) is 3.10. The van der Waals surface area contributed by atoms with Gasteiger partial charge in [0.2, 0.25) is 0 Å². The predicted molar refractivity (Wildman–Crippen MR) is 63.1 cm³/mol. The minimum absolute atomic E-state index is 0.286. The van der Waals surface area contributed by atoms with Crippen LogP contribution in [-0.2, 0) is 0 Å². The highest BCUT2D eigenvalue weighted by atomic mass is 16.3. The number of nitrogens with one attached hydrogen (secondary N) is 1. The molecule has 0 radical (unpaired) electrons. The summed E-state index contributed by atoms with van der Waals surface area (Å²) in [6.07, 6.45) is 1.97. The van der Waals surface area contributed by atoms with Gasteiger partial charge in [0.15, 0.2) is 0 Å². The molecule has 2 N–H and O–H groups in total. The van der Waals surface area contributed by atoms with E-state index in [9.17, 15) is 5.11 Å². The van der Waals surface area contributed by atoms with Crippen LogP contribution in [0.5, 0.6) is 0 Å². The standard InChI is InChI=1S/C13H16N2O/c1-9-3-2-4-11(7-14)13(9)15-8-12(16)10-5-6-10/h2-4,10,12,15-16H,5-6,8H2,1H3. The molecule has 1 unspecified atom stereocenters. The lowest BCUT2D eigenvalue weighted by atomic mass is 10.1. The Balaban J connectivity index is 2.05. The van der Waals surface area contributed by atoms with Crippen molar-refractivity contribution in [1.29, 1.82) is 5.26 Å². The second kappa shape index (κ2) is 4.54. The summed E-state index contributed by atoms with van der Waals surface area (Å²) in [4.78, 5) is 0. The summed E-state index contributed by atoms with van der Waals surface area (Å²) in [5.74, 6) is 0.460. The topological polar surface area (TPSA) is 56.0 Å². The summed E-state index contributed by atoms with van der Waals surface area (Å²) in [7, 11) is 0. The van der Waals surface area contributed by atoms with Crippen LogP contribution >= 0.6 is 0 Å². The lowest BCUT2D eigenvalue weighted by Crippen LogP contribution is -2.22. The molecule has 1 aromatic rings. The minimum atomic E-state index is -0.286. The second-order valence-corrected chi connectivity index (χ2v) is 4.39. The molecule has 0 aromatic heterocycles. The maximum absolute atomic E-state index is 9.76. The molecule has 1 fully saturated rings. The zero-order valence-electron chi connectivity index (χ0n) is 9.40. The van der Waals surface area contributed by atoms with E-state index in [0.29, 0.717) is 18.0 Å². The second-order valence-electron chi connectivity index (χ2n) is 4.39. The van der Waals surface area contributed by atoms with Crippen LogP contribution in [0.25, 0.3) is 0 Å². The first kappa shape index (κ1) is 11.0. The number of hydrogen-bond donors (Lipinski definition) is 2. The van der Waals surface area contributed by atoms with Gasteiger partial charge in [-0.25, -0.2) is 0 Å². The Kier molecular flexibility index (Phi) is 3.12. The van der Waals surface area contributed by atoms with Crippen molar-refractivity contribution in [3.05, 3.63) is 29.3 Å². The first-order valence-electron chi connectivity index (χ1n) is 5.64. The van der Waals surface area contributed by atoms with Gasteiger partial charge in [0, 0.05) is 6.54 Å². The van der Waals surface area contributed by atoms with Crippen LogP contribution in [-0.4, -0.2) is 17.8 Å². The maximum Gasteiger partial charge on any atom is 0.101 e. The van der Waals surface area contributed by atoms with Crippen LogP contribution in [0.15, 0.2) is 18.2 Å². The van der Waals surface area contributed by atoms with Crippen LogP contribution in [0.2, 0.25) is 0 Å². The number of nitrogens with zero attached hydrogens (tertiary/aromatic N) is 1. The third kappa shape index (κ3) is 2.34. The summed E-state index contributed by atoms with van der Waals surface area (Å²) in [5.41, 5.74) is 2.54. The van der Waals surface area contributed by atoms with Gasteiger partial charge >= 0.3 is 0 Å². The van der Waals surface area contributed by atoms with Crippen molar-refractivity contribution in [2.24, 2.45) is 5.92 Å². The van der Waals surface area contributed by atoms with E-state index in [1.165, 1.54) is 0 Å². The molecule has 3 heteroatoms. The van der Waals surface area contributed by atoms with E-state index < -0.39 is 0 Å². The van der Waals surface area contributed by atoms with E-state index in [1.807, 2.05) is 19.1 Å². The highest BCUT2D eigenvalue weighted by Crippen LogP contribution is 2.32. The third-order valence-electron chi connectivity index (χ3n) is 3.05. The first-order valence-corrected chi connectivity index (χ1v) is 5.64. The number of aliphatic hydroxyl groups excluding tert-OH is 1. The van der Waals surface area contributed by atoms with Crippen LogP contribution in [0.1, 0.15) is 24.0 Å². The highest BCUT2D eigenvalue weighted by Gasteiger charge is 2.29. The number of aryl methyl sites for hydroxylation is 1. The van der Waals surface area contributed by atoms with Crippen LogP contribution in [0.3, 0.4) is 0 Å². The van der Waals surface area contributed by atoms with E-state index in [4.69, 9.17) is 5.26 Å². The molecule has 0 aliphatic heterocycles. The zero-order valence-corrected chi connectivity index (χ0v) is 9.40. The fraction of sp³-hybridized carbons (Fsp3) is 0.462. The van der Waals surface area contributed by atoms with Gasteiger partial charge in [-0.05, 0) is 37.3 Å². The first-order chi connectivity index (χ1) is 7.72. The lowest BCUT2D eigenvalue weighted by molar-refractivity contribution is 0.164. The van der Waals surface area contributed by atoms with Crippen LogP contribution in [0, 0.1) is 24.2 Å². The molecule has 1 atom stereocenters. The third-order valence-corrected chi connectivity index (χ3v) is 3.05. The molecule has 0 heterocycles. The molecule has 1 aliphatic rings. The SMILES string of the molecule is Cc1cccc(C#N)c1NCC(O)C1CC1.